The number of fused-ring (bicyclic) bond motifs is 1. The molecule has 5 rings (SSSR count). The molecule has 0 radical (unpaired) electrons. The molecule has 4 heterocycles. The number of H-pyrrole nitrogens is 2. The standard InChI is InChI=1S/C24H25N5O4/c1-12(18-8-15(27-23(18)31)11-29-9-14(25)10-29)16-3-2-4-17-20(13-5-6-26-19(30)7-13)22(24(32)33)28-21(16)17/h2-8,12,14,18,28H,9-11,25H2,1H3,(H,26,30)(H,27,31)(H,32,33)/t12-,18-/m1/s1. The van der Waals surface area contributed by atoms with Crippen LogP contribution in [0.15, 0.2) is 53.1 Å². The number of aromatic nitrogens is 2. The zero-order valence-electron chi connectivity index (χ0n) is 18.1. The van der Waals surface area contributed by atoms with Gasteiger partial charge in [0, 0.05) is 54.6 Å². The smallest absolute Gasteiger partial charge is 0.352 e. The maximum Gasteiger partial charge on any atom is 0.352 e. The molecular weight excluding hydrogens is 422 g/mol. The summed E-state index contributed by atoms with van der Waals surface area (Å²) >= 11 is 0. The molecule has 1 amide bonds. The second-order valence-electron chi connectivity index (χ2n) is 8.84. The number of amides is 1. The largest absolute Gasteiger partial charge is 0.477 e. The van der Waals surface area contributed by atoms with Crippen molar-refractivity contribution in [2.24, 2.45) is 11.7 Å². The van der Waals surface area contributed by atoms with Crippen molar-refractivity contribution in [3.63, 3.8) is 0 Å². The number of rotatable bonds is 6. The van der Waals surface area contributed by atoms with Gasteiger partial charge < -0.3 is 26.1 Å². The number of aromatic amines is 2. The van der Waals surface area contributed by atoms with Crippen LogP contribution >= 0.6 is 0 Å². The predicted molar refractivity (Wildman–Crippen MR) is 124 cm³/mol. The Balaban J connectivity index is 1.54. The molecule has 6 N–H and O–H groups in total. The van der Waals surface area contributed by atoms with E-state index in [0.717, 1.165) is 24.4 Å². The van der Waals surface area contributed by atoms with Gasteiger partial charge in [-0.05, 0) is 23.1 Å². The van der Waals surface area contributed by atoms with Crippen molar-refractivity contribution in [3.05, 3.63) is 69.9 Å². The second kappa shape index (κ2) is 8.02. The molecule has 1 aromatic carbocycles. The molecule has 9 nitrogen and oxygen atoms in total. The lowest BCUT2D eigenvalue weighted by atomic mass is 9.86. The minimum atomic E-state index is -1.12. The third-order valence-corrected chi connectivity index (χ3v) is 6.52. The molecule has 0 bridgehead atoms. The highest BCUT2D eigenvalue weighted by Gasteiger charge is 2.34. The highest BCUT2D eigenvalue weighted by molar-refractivity contribution is 6.08. The number of aromatic carboxylic acids is 1. The third-order valence-electron chi connectivity index (χ3n) is 6.52. The maximum atomic E-state index is 12.8. The van der Waals surface area contributed by atoms with Crippen LogP contribution in [0.2, 0.25) is 0 Å². The van der Waals surface area contributed by atoms with E-state index in [1.807, 2.05) is 31.2 Å². The third kappa shape index (κ3) is 3.75. The molecule has 2 aliphatic heterocycles. The molecule has 0 aliphatic carbocycles. The Kier molecular flexibility index (Phi) is 5.15. The van der Waals surface area contributed by atoms with Crippen molar-refractivity contribution in [3.8, 4) is 11.1 Å². The molecule has 0 saturated carbocycles. The van der Waals surface area contributed by atoms with Crippen LogP contribution in [0.25, 0.3) is 22.0 Å². The number of benzene rings is 1. The summed E-state index contributed by atoms with van der Waals surface area (Å²) in [5.41, 5.74) is 8.89. The van der Waals surface area contributed by atoms with Gasteiger partial charge in [-0.3, -0.25) is 14.5 Å². The van der Waals surface area contributed by atoms with Crippen molar-refractivity contribution >= 4 is 22.8 Å². The highest BCUT2D eigenvalue weighted by Crippen LogP contribution is 2.38. The first-order valence-electron chi connectivity index (χ1n) is 10.9. The summed E-state index contributed by atoms with van der Waals surface area (Å²) in [6.07, 6.45) is 3.46. The van der Waals surface area contributed by atoms with Gasteiger partial charge in [-0.15, -0.1) is 0 Å². The highest BCUT2D eigenvalue weighted by atomic mass is 16.4. The predicted octanol–water partition coefficient (Wildman–Crippen LogP) is 1.60. The Morgan fingerprint density at radius 1 is 1.27 bits per heavy atom. The monoisotopic (exact) mass is 447 g/mol. The van der Waals surface area contributed by atoms with E-state index in [1.54, 1.807) is 6.07 Å². The van der Waals surface area contributed by atoms with Gasteiger partial charge in [-0.25, -0.2) is 4.79 Å². The summed E-state index contributed by atoms with van der Waals surface area (Å²) in [5.74, 6) is -1.76. The first-order chi connectivity index (χ1) is 15.8. The SMILES string of the molecule is C[C@H](c1cccc2c(-c3cc[nH]c(=O)c3)c(C(=O)O)[nH]c12)[C@H]1C=C(CN2CC(N)C2)NC1=O. The van der Waals surface area contributed by atoms with Crippen molar-refractivity contribution < 1.29 is 14.7 Å². The number of carboxylic acids is 1. The van der Waals surface area contributed by atoms with Gasteiger partial charge in [0.15, 0.2) is 0 Å². The fraction of sp³-hybridized carbons (Fsp3) is 0.292. The zero-order valence-corrected chi connectivity index (χ0v) is 18.1. The van der Waals surface area contributed by atoms with E-state index < -0.39 is 5.97 Å². The van der Waals surface area contributed by atoms with Gasteiger partial charge in [-0.2, -0.15) is 0 Å². The van der Waals surface area contributed by atoms with E-state index in [0.29, 0.717) is 28.6 Å². The van der Waals surface area contributed by atoms with E-state index in [1.165, 1.54) is 12.3 Å². The van der Waals surface area contributed by atoms with Crippen molar-refractivity contribution in [2.45, 2.75) is 18.9 Å². The van der Waals surface area contributed by atoms with Crippen LogP contribution in [-0.4, -0.2) is 57.5 Å². The second-order valence-corrected chi connectivity index (χ2v) is 8.84. The normalized spacial score (nSPS) is 19.9. The Morgan fingerprint density at radius 2 is 2.06 bits per heavy atom. The van der Waals surface area contributed by atoms with Gasteiger partial charge in [-0.1, -0.05) is 31.2 Å². The minimum absolute atomic E-state index is 0.0106. The fourth-order valence-electron chi connectivity index (χ4n) is 4.89. The van der Waals surface area contributed by atoms with E-state index in [-0.39, 0.29) is 35.0 Å². The molecule has 0 spiro atoms. The Bertz CT molecular complexity index is 1350. The van der Waals surface area contributed by atoms with E-state index in [2.05, 4.69) is 20.2 Å². The number of nitrogens with two attached hydrogens (primary N) is 1. The quantitative estimate of drug-likeness (QED) is 0.388. The lowest BCUT2D eigenvalue weighted by Gasteiger charge is -2.36. The Labute approximate surface area is 189 Å². The average Bonchev–Trinajstić information content (AvgIpc) is 3.32. The summed E-state index contributed by atoms with van der Waals surface area (Å²) in [7, 11) is 0. The van der Waals surface area contributed by atoms with Crippen LogP contribution in [0.1, 0.15) is 28.9 Å². The molecule has 9 heteroatoms. The van der Waals surface area contributed by atoms with Crippen LogP contribution in [-0.2, 0) is 4.79 Å². The summed E-state index contributed by atoms with van der Waals surface area (Å²) in [6, 6.07) is 8.84. The molecule has 3 aromatic rings. The lowest BCUT2D eigenvalue weighted by molar-refractivity contribution is -0.122. The molecule has 2 aromatic heterocycles. The number of nitrogens with zero attached hydrogens (tertiary/aromatic N) is 1. The van der Waals surface area contributed by atoms with Gasteiger partial charge in [0.2, 0.25) is 11.5 Å². The first kappa shape index (κ1) is 21.2. The van der Waals surface area contributed by atoms with Crippen molar-refractivity contribution in [1.29, 1.82) is 0 Å². The maximum absolute atomic E-state index is 12.8. The number of para-hydroxylation sites is 1. The number of carbonyl (C=O) groups excluding carboxylic acids is 1. The van der Waals surface area contributed by atoms with E-state index in [4.69, 9.17) is 5.73 Å². The van der Waals surface area contributed by atoms with Crippen LogP contribution in [0.5, 0.6) is 0 Å². The number of likely N-dealkylation sites (tertiary alicyclic amines) is 1. The summed E-state index contributed by atoms with van der Waals surface area (Å²) in [4.78, 5) is 44.5. The topological polar surface area (TPSA) is 144 Å². The summed E-state index contributed by atoms with van der Waals surface area (Å²) in [6.45, 7) is 4.26. The molecule has 1 fully saturated rings. The zero-order chi connectivity index (χ0) is 23.3. The molecule has 0 unspecified atom stereocenters. The molecule has 2 aliphatic rings. The van der Waals surface area contributed by atoms with Crippen LogP contribution < -0.4 is 16.6 Å². The van der Waals surface area contributed by atoms with Gasteiger partial charge in [0.1, 0.15) is 5.69 Å². The number of carbonyl (C=O) groups is 2. The van der Waals surface area contributed by atoms with Crippen LogP contribution in [0, 0.1) is 5.92 Å². The number of nitrogens with one attached hydrogen (secondary N) is 3. The first-order valence-corrected chi connectivity index (χ1v) is 10.9. The number of hydrogen-bond acceptors (Lipinski definition) is 5. The minimum Gasteiger partial charge on any atom is -0.477 e. The van der Waals surface area contributed by atoms with E-state index in [9.17, 15) is 19.5 Å². The number of carboxylic acid groups (broad SMARTS) is 1. The number of hydrogen-bond donors (Lipinski definition) is 5. The van der Waals surface area contributed by atoms with Gasteiger partial charge >= 0.3 is 5.97 Å². The van der Waals surface area contributed by atoms with Crippen LogP contribution in [0.4, 0.5) is 0 Å². The summed E-state index contributed by atoms with van der Waals surface area (Å²) < 4.78 is 0. The lowest BCUT2D eigenvalue weighted by Crippen LogP contribution is -2.56. The molecule has 1 saturated heterocycles. The Morgan fingerprint density at radius 3 is 2.76 bits per heavy atom. The van der Waals surface area contributed by atoms with Crippen molar-refractivity contribution in [1.82, 2.24) is 20.2 Å². The van der Waals surface area contributed by atoms with Crippen LogP contribution in [0.3, 0.4) is 0 Å². The molecule has 33 heavy (non-hydrogen) atoms. The fourth-order valence-corrected chi connectivity index (χ4v) is 4.89. The van der Waals surface area contributed by atoms with E-state index >= 15 is 0 Å². The van der Waals surface area contributed by atoms with Gasteiger partial charge in [0.25, 0.3) is 0 Å². The van der Waals surface area contributed by atoms with Gasteiger partial charge in [0.05, 0.1) is 11.4 Å². The molecule has 170 valence electrons. The number of pyridine rings is 1. The Hall–Kier alpha value is -3.69. The average molecular weight is 447 g/mol. The summed E-state index contributed by atoms with van der Waals surface area (Å²) in [5, 5.41) is 13.5. The molecular formula is C24H25N5O4. The van der Waals surface area contributed by atoms with Crippen molar-refractivity contribution in [2.75, 3.05) is 19.6 Å². The molecule has 2 atom stereocenters.